The molecule has 238 valence electrons. The van der Waals surface area contributed by atoms with E-state index in [0.717, 1.165) is 67.0 Å². The lowest BCUT2D eigenvalue weighted by atomic mass is 10.0. The minimum Gasteiger partial charge on any atom is -0.444 e. The number of carbonyl (C=O) groups excluding carboxylic acids is 1. The molecule has 10 heteroatoms. The number of carbonyl (C=O) groups is 1. The molecule has 2 heterocycles. The van der Waals surface area contributed by atoms with Gasteiger partial charge in [-0.1, -0.05) is 48.4 Å². The van der Waals surface area contributed by atoms with Gasteiger partial charge in [0, 0.05) is 30.4 Å². The Balaban J connectivity index is 0.000000155. The number of aromatic nitrogens is 4. The summed E-state index contributed by atoms with van der Waals surface area (Å²) in [7, 11) is 0. The molecule has 2 saturated carbocycles. The second-order valence-electron chi connectivity index (χ2n) is 13.2. The van der Waals surface area contributed by atoms with Gasteiger partial charge >= 0.3 is 6.09 Å². The highest BCUT2D eigenvalue weighted by molar-refractivity contribution is 5.69. The lowest BCUT2D eigenvalue weighted by Gasteiger charge is -2.22. The minimum absolute atomic E-state index is 0.00815. The van der Waals surface area contributed by atoms with E-state index in [1.165, 1.54) is 29.5 Å². The van der Waals surface area contributed by atoms with E-state index in [-0.39, 0.29) is 18.2 Å². The molecule has 8 rings (SSSR count). The Kier molecular flexibility index (Phi) is 8.40. The third kappa shape index (κ3) is 7.27. The first-order chi connectivity index (χ1) is 22.1. The first kappa shape index (κ1) is 29.6. The second kappa shape index (κ2) is 12.7. The largest absolute Gasteiger partial charge is 0.444 e. The number of nitrogens with one attached hydrogen (secondary N) is 1. The maximum atomic E-state index is 12.0. The van der Waals surface area contributed by atoms with Gasteiger partial charge in [0.2, 0.25) is 23.4 Å². The predicted molar refractivity (Wildman–Crippen MR) is 170 cm³/mol. The number of amides is 1. The molecule has 2 aromatic heterocycles. The lowest BCUT2D eigenvalue weighted by Crippen LogP contribution is -2.34. The number of benzene rings is 2. The number of alkyl carbamates (subject to hydrolysis) is 1. The summed E-state index contributed by atoms with van der Waals surface area (Å²) < 4.78 is 22.2. The van der Waals surface area contributed by atoms with Gasteiger partial charge in [0.25, 0.3) is 0 Å². The fourth-order valence-electron chi connectivity index (χ4n) is 5.84. The van der Waals surface area contributed by atoms with Crippen molar-refractivity contribution in [1.29, 1.82) is 0 Å². The Morgan fingerprint density at radius 2 is 1.38 bits per heavy atom. The van der Waals surface area contributed by atoms with Crippen molar-refractivity contribution in [3.63, 3.8) is 0 Å². The number of ether oxygens (including phenoxy) is 1. The number of fused-ring (bicyclic) bond motifs is 2. The molecule has 10 nitrogen and oxygen atoms in total. The summed E-state index contributed by atoms with van der Waals surface area (Å²) >= 11 is 0. The average Bonchev–Trinajstić information content (AvgIpc) is 3.85. The summed E-state index contributed by atoms with van der Waals surface area (Å²) in [5, 5.41) is 11.1. The molecule has 2 fully saturated rings. The molecule has 45 heavy (non-hydrogen) atoms. The van der Waals surface area contributed by atoms with E-state index >= 15 is 0 Å². The van der Waals surface area contributed by atoms with Crippen molar-refractivity contribution in [2.45, 2.75) is 115 Å². The molecule has 4 aromatic rings. The summed E-state index contributed by atoms with van der Waals surface area (Å²) in [6, 6.07) is 12.6. The zero-order valence-electron chi connectivity index (χ0n) is 27.6. The molecule has 3 N–H and O–H groups in total. The van der Waals surface area contributed by atoms with Gasteiger partial charge in [0.05, 0.1) is 6.04 Å². The number of hydrogen-bond acceptors (Lipinski definition) is 9. The third-order valence-corrected chi connectivity index (χ3v) is 8.43. The van der Waals surface area contributed by atoms with Crippen LogP contribution in [0.3, 0.4) is 0 Å². The second-order valence-corrected chi connectivity index (χ2v) is 13.2. The monoisotopic (exact) mass is 613 g/mol. The zero-order chi connectivity index (χ0) is 32.4. The van der Waals surface area contributed by atoms with Crippen LogP contribution in [0.4, 0.5) is 4.79 Å². The number of aryl methyl sites for hydroxylation is 2. The van der Waals surface area contributed by atoms with E-state index in [2.05, 4.69) is 43.8 Å². The Labute approximate surface area is 265 Å². The molecule has 0 spiro atoms. The fraction of sp³-hybridized carbons (Fsp3) is 0.514. The Bertz CT molecular complexity index is 1670. The summed E-state index contributed by atoms with van der Waals surface area (Å²) in [5.41, 5.74) is 12.5. The average molecular weight is 614 g/mol. The highest BCUT2D eigenvalue weighted by Gasteiger charge is 2.31. The molecule has 0 unspecified atom stereocenters. The number of hydrogen-bond donors (Lipinski definition) is 2. The lowest BCUT2D eigenvalue weighted by molar-refractivity contribution is 0.0503. The highest BCUT2D eigenvalue weighted by atomic mass is 16.6. The van der Waals surface area contributed by atoms with E-state index < -0.39 is 5.60 Å². The Hall–Kier alpha value is -4.05. The molecule has 0 aliphatic heterocycles. The number of nitrogens with zero attached hydrogens (tertiary/aromatic N) is 4. The topological polar surface area (TPSA) is 142 Å². The van der Waals surface area contributed by atoms with Gasteiger partial charge in [-0.15, -0.1) is 0 Å². The van der Waals surface area contributed by atoms with E-state index in [1.807, 2.05) is 39.0 Å². The normalized spacial score (nSPS) is 20.2. The van der Waals surface area contributed by atoms with Crippen LogP contribution < -0.4 is 11.1 Å². The summed E-state index contributed by atoms with van der Waals surface area (Å²) in [5.74, 6) is 3.86. The van der Waals surface area contributed by atoms with Gasteiger partial charge in [-0.2, -0.15) is 9.97 Å². The van der Waals surface area contributed by atoms with Gasteiger partial charge in [0.1, 0.15) is 5.60 Å². The van der Waals surface area contributed by atoms with E-state index in [4.69, 9.17) is 20.9 Å². The van der Waals surface area contributed by atoms with E-state index in [1.54, 1.807) is 6.92 Å². The predicted octanol–water partition coefficient (Wildman–Crippen LogP) is 7.71. The quantitative estimate of drug-likeness (QED) is 0.231. The number of rotatable bonds is 5. The van der Waals surface area contributed by atoms with Gasteiger partial charge in [-0.3, -0.25) is 0 Å². The van der Waals surface area contributed by atoms with Crippen LogP contribution in [0.1, 0.15) is 132 Å². The van der Waals surface area contributed by atoms with Crippen LogP contribution in [0, 0.1) is 0 Å². The van der Waals surface area contributed by atoms with Crippen LogP contribution >= 0.6 is 0 Å². The van der Waals surface area contributed by atoms with E-state index in [9.17, 15) is 4.79 Å². The molecule has 0 radical (unpaired) electrons. The molecular weight excluding hydrogens is 568 g/mol. The van der Waals surface area contributed by atoms with Crippen molar-refractivity contribution in [2.24, 2.45) is 5.73 Å². The first-order valence-corrected chi connectivity index (χ1v) is 16.1. The van der Waals surface area contributed by atoms with Crippen molar-refractivity contribution < 1.29 is 19.9 Å². The van der Waals surface area contributed by atoms with Gasteiger partial charge in [0.15, 0.2) is 0 Å². The summed E-state index contributed by atoms with van der Waals surface area (Å²) in [6.07, 6.45) is 8.15. The minimum atomic E-state index is -0.493. The summed E-state index contributed by atoms with van der Waals surface area (Å²) in [6.45, 7) is 7.88. The van der Waals surface area contributed by atoms with Gasteiger partial charge in [-0.25, -0.2) is 4.79 Å². The van der Waals surface area contributed by atoms with Crippen LogP contribution in [0.25, 0.3) is 22.8 Å². The summed E-state index contributed by atoms with van der Waals surface area (Å²) in [4.78, 5) is 21.0. The molecule has 2 aromatic carbocycles. The Morgan fingerprint density at radius 1 is 0.867 bits per heavy atom. The number of nitrogens with two attached hydrogens (primary N) is 1. The standard InChI is InChI=1S/C19H23N3O3.C14H15N3O.C2H6/c1-19(2,3)24-18(23)20-15-9-7-12-10-13(6-8-14(12)15)16-21-17(25-22-16)11-4-5-11;15-12-6-4-9-7-10(3-5-11(9)12)13-16-14(18-17-13)8-1-2-8;1-2/h6,8,10-11,15H,4-5,7,9H2,1-3H3,(H,20,23);3,5,7-8,12H,1-2,4,6,15H2;1-2H3/t15-;12-;/m11./s1/i;;1D. The van der Waals surface area contributed by atoms with Crippen molar-refractivity contribution in [3.05, 3.63) is 70.4 Å². The van der Waals surface area contributed by atoms with Crippen molar-refractivity contribution in [2.75, 3.05) is 0 Å². The maximum Gasteiger partial charge on any atom is 0.408 e. The maximum absolute atomic E-state index is 12.0. The smallest absolute Gasteiger partial charge is 0.408 e. The van der Waals surface area contributed by atoms with Crippen molar-refractivity contribution in [3.8, 4) is 22.8 Å². The third-order valence-electron chi connectivity index (χ3n) is 8.43. The first-order valence-electron chi connectivity index (χ1n) is 16.8. The van der Waals surface area contributed by atoms with Crippen LogP contribution in [-0.4, -0.2) is 32.0 Å². The van der Waals surface area contributed by atoms with Crippen LogP contribution in [0.2, 0.25) is 0 Å². The molecule has 2 atom stereocenters. The van der Waals surface area contributed by atoms with Crippen molar-refractivity contribution in [1.82, 2.24) is 25.6 Å². The van der Waals surface area contributed by atoms with E-state index in [0.29, 0.717) is 30.4 Å². The zero-order valence-corrected chi connectivity index (χ0v) is 26.6. The molecule has 4 aliphatic carbocycles. The fourth-order valence-corrected chi connectivity index (χ4v) is 5.84. The Morgan fingerprint density at radius 3 is 1.91 bits per heavy atom. The van der Waals surface area contributed by atoms with Crippen molar-refractivity contribution >= 4 is 6.09 Å². The SMILES string of the molecule is CC(C)(C)OC(=O)N[C@@H]1CCc2cc(-c3noc(C4CC4)n3)ccc21.N[C@@H]1CCc2cc(-c3noc(C4CC4)n3)ccc21.[2H]CC. The molecular formula is C35H44N6O4. The van der Waals surface area contributed by atoms with Gasteiger partial charge < -0.3 is 24.8 Å². The molecule has 1 amide bonds. The van der Waals surface area contributed by atoms with Gasteiger partial charge in [-0.05, 0) is 107 Å². The van der Waals surface area contributed by atoms with Crippen LogP contribution in [0.15, 0.2) is 45.4 Å². The van der Waals surface area contributed by atoms with Crippen LogP contribution in [0.5, 0.6) is 0 Å². The molecule has 0 bridgehead atoms. The molecule has 0 saturated heterocycles. The van der Waals surface area contributed by atoms with Crippen LogP contribution in [-0.2, 0) is 17.6 Å². The highest BCUT2D eigenvalue weighted by Crippen LogP contribution is 2.41. The molecule has 4 aliphatic rings.